The van der Waals surface area contributed by atoms with Crippen molar-refractivity contribution in [3.63, 3.8) is 0 Å². The van der Waals surface area contributed by atoms with E-state index in [-0.39, 0.29) is 6.04 Å². The van der Waals surface area contributed by atoms with E-state index in [9.17, 15) is 0 Å². The van der Waals surface area contributed by atoms with Crippen LogP contribution in [0.25, 0.3) is 32.9 Å². The summed E-state index contributed by atoms with van der Waals surface area (Å²) in [5, 5.41) is 2.58. The van der Waals surface area contributed by atoms with Gasteiger partial charge >= 0.3 is 0 Å². The van der Waals surface area contributed by atoms with Crippen LogP contribution in [0.2, 0.25) is 0 Å². The van der Waals surface area contributed by atoms with Gasteiger partial charge < -0.3 is 4.98 Å². The number of pyridine rings is 1. The van der Waals surface area contributed by atoms with Crippen LogP contribution in [0, 0.1) is 0 Å². The Morgan fingerprint density at radius 1 is 0.882 bits per heavy atom. The van der Waals surface area contributed by atoms with E-state index in [1.807, 2.05) is 6.20 Å². The maximum Gasteiger partial charge on any atom is 0.0676 e. The van der Waals surface area contributed by atoms with Crippen LogP contribution in [0.3, 0.4) is 0 Å². The Hall–Kier alpha value is -3.95. The zero-order valence-electron chi connectivity index (χ0n) is 19.1. The Labute approximate surface area is 199 Å². The van der Waals surface area contributed by atoms with Crippen LogP contribution >= 0.6 is 0 Å². The molecule has 3 heterocycles. The monoisotopic (exact) mass is 439 g/mol. The summed E-state index contributed by atoms with van der Waals surface area (Å²) in [6.07, 6.45) is 12.9. The minimum absolute atomic E-state index is 0.119. The minimum atomic E-state index is -0.401. The van der Waals surface area contributed by atoms with E-state index < -0.39 is 5.41 Å². The molecule has 0 saturated heterocycles. The van der Waals surface area contributed by atoms with Crippen molar-refractivity contribution in [1.82, 2.24) is 14.9 Å². The number of likely N-dealkylation sites (N-methyl/N-ethyl adjacent to an activating group) is 1. The van der Waals surface area contributed by atoms with Crippen LogP contribution in [-0.2, 0) is 5.41 Å². The molecule has 0 amide bonds. The first-order chi connectivity index (χ1) is 16.8. The fraction of sp³-hybridized carbons (Fsp3) is 0.129. The van der Waals surface area contributed by atoms with E-state index in [4.69, 9.17) is 0 Å². The van der Waals surface area contributed by atoms with Crippen LogP contribution < -0.4 is 0 Å². The maximum absolute atomic E-state index is 4.63. The molecule has 1 aliphatic carbocycles. The molecule has 3 nitrogen and oxygen atoms in total. The Morgan fingerprint density at radius 3 is 2.68 bits per heavy atom. The van der Waals surface area contributed by atoms with Gasteiger partial charge in [-0.3, -0.25) is 9.88 Å². The number of nitrogens with zero attached hydrogens (tertiary/aromatic N) is 2. The highest BCUT2D eigenvalue weighted by Gasteiger charge is 2.52. The second-order valence-corrected chi connectivity index (χ2v) is 9.37. The van der Waals surface area contributed by atoms with E-state index in [1.54, 1.807) is 0 Å². The summed E-state index contributed by atoms with van der Waals surface area (Å²) >= 11 is 0. The van der Waals surface area contributed by atoms with E-state index in [0.717, 1.165) is 6.54 Å². The Morgan fingerprint density at radius 2 is 1.76 bits per heavy atom. The number of para-hydroxylation sites is 1. The molecule has 0 saturated carbocycles. The largest absolute Gasteiger partial charge is 0.355 e. The van der Waals surface area contributed by atoms with Gasteiger partial charge in [0.25, 0.3) is 0 Å². The van der Waals surface area contributed by atoms with Gasteiger partial charge in [-0.15, -0.1) is 0 Å². The van der Waals surface area contributed by atoms with Gasteiger partial charge in [-0.1, -0.05) is 78.9 Å². The molecule has 2 atom stereocenters. The molecule has 3 heteroatoms. The molecule has 1 unspecified atom stereocenters. The second kappa shape index (κ2) is 7.28. The molecule has 34 heavy (non-hydrogen) atoms. The summed E-state index contributed by atoms with van der Waals surface area (Å²) in [4.78, 5) is 10.8. The molecular formula is C31H25N3. The normalized spacial score (nSPS) is 21.6. The molecule has 1 aliphatic heterocycles. The summed E-state index contributed by atoms with van der Waals surface area (Å²) in [5.74, 6) is 0. The SMILES string of the molecule is CN1CC=CC=CC1[C@@]1(c2cccnc2)c2ccccc2-c2ccc3[nH]c4ccccc4c3c21. The van der Waals surface area contributed by atoms with Crippen molar-refractivity contribution in [2.75, 3.05) is 13.6 Å². The lowest BCUT2D eigenvalue weighted by Crippen LogP contribution is -2.48. The van der Waals surface area contributed by atoms with Crippen molar-refractivity contribution in [1.29, 1.82) is 0 Å². The lowest BCUT2D eigenvalue weighted by Gasteiger charge is -2.43. The lowest BCUT2D eigenvalue weighted by atomic mass is 9.66. The number of benzene rings is 3. The van der Waals surface area contributed by atoms with Gasteiger partial charge in [0.1, 0.15) is 0 Å². The molecule has 2 aromatic heterocycles. The topological polar surface area (TPSA) is 31.9 Å². The number of hydrogen-bond donors (Lipinski definition) is 1. The first kappa shape index (κ1) is 19.5. The highest BCUT2D eigenvalue weighted by atomic mass is 15.1. The van der Waals surface area contributed by atoms with Gasteiger partial charge in [-0.25, -0.2) is 0 Å². The molecule has 1 N–H and O–H groups in total. The van der Waals surface area contributed by atoms with E-state index in [1.165, 1.54) is 49.6 Å². The standard InChI is InChI=1S/C31H25N3/c1-34-19-8-2-3-15-28(34)31(21-10-9-18-32-20-21)25-13-6-4-11-22(25)23-16-17-27-29(30(23)31)24-12-5-7-14-26(24)33-27/h2-18,20,28,33H,19H2,1H3/t28?,31-/m1/s1. The fourth-order valence-electron chi connectivity index (χ4n) is 6.36. The minimum Gasteiger partial charge on any atom is -0.355 e. The third-order valence-corrected chi connectivity index (χ3v) is 7.68. The lowest BCUT2D eigenvalue weighted by molar-refractivity contribution is 0.254. The quantitative estimate of drug-likeness (QED) is 0.342. The average Bonchev–Trinajstić information content (AvgIpc) is 3.31. The van der Waals surface area contributed by atoms with Gasteiger partial charge in [-0.2, -0.15) is 0 Å². The average molecular weight is 440 g/mol. The van der Waals surface area contributed by atoms with Crippen molar-refractivity contribution in [3.05, 3.63) is 126 Å². The number of rotatable bonds is 2. The highest BCUT2D eigenvalue weighted by Crippen LogP contribution is 2.58. The van der Waals surface area contributed by atoms with Crippen LogP contribution in [0.5, 0.6) is 0 Å². The van der Waals surface area contributed by atoms with Crippen LogP contribution in [0.4, 0.5) is 0 Å². The molecule has 2 aliphatic rings. The number of fused-ring (bicyclic) bond motifs is 7. The molecule has 164 valence electrons. The number of allylic oxidation sites excluding steroid dienone is 2. The van der Waals surface area contributed by atoms with Crippen LogP contribution in [0.15, 0.2) is 109 Å². The third-order valence-electron chi connectivity index (χ3n) is 7.68. The fourth-order valence-corrected chi connectivity index (χ4v) is 6.36. The second-order valence-electron chi connectivity index (χ2n) is 9.37. The zero-order chi connectivity index (χ0) is 22.7. The molecule has 0 radical (unpaired) electrons. The van der Waals surface area contributed by atoms with Crippen LogP contribution in [0.1, 0.15) is 16.7 Å². The number of nitrogens with one attached hydrogen (secondary N) is 1. The smallest absolute Gasteiger partial charge is 0.0676 e. The predicted molar refractivity (Wildman–Crippen MR) is 140 cm³/mol. The third kappa shape index (κ3) is 2.48. The highest BCUT2D eigenvalue weighted by molar-refractivity contribution is 6.13. The molecule has 0 fully saturated rings. The maximum atomic E-state index is 4.63. The zero-order valence-corrected chi connectivity index (χ0v) is 19.1. The Balaban J connectivity index is 1.72. The van der Waals surface area contributed by atoms with Gasteiger partial charge in [0.2, 0.25) is 0 Å². The van der Waals surface area contributed by atoms with Crippen LogP contribution in [-0.4, -0.2) is 34.5 Å². The van der Waals surface area contributed by atoms with E-state index in [0.29, 0.717) is 0 Å². The van der Waals surface area contributed by atoms with Gasteiger partial charge in [0.15, 0.2) is 0 Å². The summed E-state index contributed by atoms with van der Waals surface area (Å²) in [6, 6.07) is 26.6. The Kier molecular flexibility index (Phi) is 4.18. The van der Waals surface area contributed by atoms with E-state index >= 15 is 0 Å². The van der Waals surface area contributed by atoms with Crippen molar-refractivity contribution in [3.8, 4) is 11.1 Å². The summed E-state index contributed by atoms with van der Waals surface area (Å²) in [7, 11) is 2.23. The van der Waals surface area contributed by atoms with Crippen molar-refractivity contribution in [2.45, 2.75) is 11.5 Å². The summed E-state index contributed by atoms with van der Waals surface area (Å²) < 4.78 is 0. The molecular weight excluding hydrogens is 414 g/mol. The molecule has 0 bridgehead atoms. The number of hydrogen-bond acceptors (Lipinski definition) is 2. The molecule has 7 rings (SSSR count). The molecule has 3 aromatic carbocycles. The van der Waals surface area contributed by atoms with E-state index in [2.05, 4.69) is 125 Å². The first-order valence-corrected chi connectivity index (χ1v) is 11.9. The summed E-state index contributed by atoms with van der Waals surface area (Å²) in [6.45, 7) is 0.890. The molecule has 0 spiro atoms. The molecule has 5 aromatic rings. The summed E-state index contributed by atoms with van der Waals surface area (Å²) in [5.41, 5.74) is 8.53. The number of H-pyrrole nitrogens is 1. The Bertz CT molecular complexity index is 1610. The number of aromatic amines is 1. The first-order valence-electron chi connectivity index (χ1n) is 11.9. The van der Waals surface area contributed by atoms with Gasteiger partial charge in [0.05, 0.1) is 5.41 Å². The van der Waals surface area contributed by atoms with Gasteiger partial charge in [-0.05, 0) is 53.1 Å². The van der Waals surface area contributed by atoms with Crippen molar-refractivity contribution >= 4 is 21.8 Å². The number of aromatic nitrogens is 2. The van der Waals surface area contributed by atoms with Crippen molar-refractivity contribution in [2.24, 2.45) is 0 Å². The van der Waals surface area contributed by atoms with Gasteiger partial charge in [0, 0.05) is 46.8 Å². The van der Waals surface area contributed by atoms with Crippen molar-refractivity contribution < 1.29 is 0 Å². The predicted octanol–water partition coefficient (Wildman–Crippen LogP) is 6.46.